The Balaban J connectivity index is 2.09. The van der Waals surface area contributed by atoms with Crippen molar-refractivity contribution >= 4 is 37.9 Å². The van der Waals surface area contributed by atoms with E-state index < -0.39 is 0 Å². The van der Waals surface area contributed by atoms with Crippen LogP contribution in [-0.2, 0) is 0 Å². The quantitative estimate of drug-likeness (QED) is 0.587. The Morgan fingerprint density at radius 2 is 1.50 bits per heavy atom. The van der Waals surface area contributed by atoms with E-state index in [0.29, 0.717) is 9.52 Å². The molecule has 0 N–H and O–H groups in total. The first-order chi connectivity index (χ1) is 7.75. The number of alkyl halides is 1. The molecule has 16 heavy (non-hydrogen) atoms. The summed E-state index contributed by atoms with van der Waals surface area (Å²) < 4.78 is 0. The van der Waals surface area contributed by atoms with Crippen molar-refractivity contribution in [2.24, 2.45) is 0 Å². The highest BCUT2D eigenvalue weighted by Gasteiger charge is 2.09. The average Bonchev–Trinajstić information content (AvgIpc) is 2.31. The largest absolute Gasteiger partial charge is 0.122 e. The summed E-state index contributed by atoms with van der Waals surface area (Å²) in [5.41, 5.74) is 1.12. The average molecular weight is 265 g/mol. The van der Waals surface area contributed by atoms with Gasteiger partial charge in [-0.15, -0.1) is 11.6 Å². The van der Waals surface area contributed by atoms with Gasteiger partial charge in [-0.3, -0.25) is 0 Å². The Morgan fingerprint density at radius 1 is 0.875 bits per heavy atom. The van der Waals surface area contributed by atoms with Crippen LogP contribution in [0.1, 0.15) is 10.6 Å². The number of benzene rings is 2. The van der Waals surface area contributed by atoms with Gasteiger partial charge in [0.25, 0.3) is 0 Å². The molecule has 1 unspecified atom stereocenters. The maximum Gasteiger partial charge on any atom is 0.109 e. The second kappa shape index (κ2) is 5.53. The van der Waals surface area contributed by atoms with Crippen LogP contribution in [0, 0.1) is 0 Å². The molecule has 80 valence electrons. The summed E-state index contributed by atoms with van der Waals surface area (Å²) in [6.07, 6.45) is 0. The third-order valence-electron chi connectivity index (χ3n) is 2.23. The summed E-state index contributed by atoms with van der Waals surface area (Å²) in [5.74, 6) is 0. The van der Waals surface area contributed by atoms with Gasteiger partial charge >= 0.3 is 0 Å². The molecule has 0 aliphatic carbocycles. The molecule has 0 fully saturated rings. The van der Waals surface area contributed by atoms with Crippen LogP contribution >= 0.6 is 23.2 Å². The third kappa shape index (κ3) is 3.11. The fraction of sp³-hybridized carbons (Fsp3) is 0.0769. The Bertz CT molecular complexity index is 439. The highest BCUT2D eigenvalue weighted by atomic mass is 35.5. The van der Waals surface area contributed by atoms with Gasteiger partial charge in [0.1, 0.15) is 9.52 Å². The second-order valence-electron chi connectivity index (χ2n) is 3.42. The highest BCUT2D eigenvalue weighted by Crippen LogP contribution is 2.20. The Morgan fingerprint density at radius 3 is 2.12 bits per heavy atom. The van der Waals surface area contributed by atoms with Gasteiger partial charge in [-0.2, -0.15) is 0 Å². The van der Waals surface area contributed by atoms with Crippen LogP contribution in [0.15, 0.2) is 54.6 Å². The lowest BCUT2D eigenvalue weighted by atomic mass is 10.2. The van der Waals surface area contributed by atoms with Gasteiger partial charge in [0, 0.05) is 5.02 Å². The lowest BCUT2D eigenvalue weighted by Crippen LogP contribution is -2.18. The smallest absolute Gasteiger partial charge is 0.109 e. The number of hydrogen-bond donors (Lipinski definition) is 0. The molecular formula is C13H10Cl2Si. The lowest BCUT2D eigenvalue weighted by Gasteiger charge is -2.08. The van der Waals surface area contributed by atoms with Gasteiger partial charge in [0.15, 0.2) is 0 Å². The molecule has 2 rings (SSSR count). The van der Waals surface area contributed by atoms with Crippen LogP contribution in [0.2, 0.25) is 5.02 Å². The van der Waals surface area contributed by atoms with Crippen molar-refractivity contribution in [2.75, 3.05) is 0 Å². The number of rotatable bonds is 3. The van der Waals surface area contributed by atoms with E-state index in [2.05, 4.69) is 12.1 Å². The van der Waals surface area contributed by atoms with E-state index in [0.717, 1.165) is 10.6 Å². The monoisotopic (exact) mass is 264 g/mol. The molecule has 0 aliphatic heterocycles. The zero-order valence-corrected chi connectivity index (χ0v) is 11.0. The van der Waals surface area contributed by atoms with E-state index in [1.165, 1.54) is 5.19 Å². The molecule has 0 nitrogen and oxygen atoms in total. The number of halogens is 2. The minimum atomic E-state index is 0.0275. The zero-order chi connectivity index (χ0) is 11.4. The van der Waals surface area contributed by atoms with Gasteiger partial charge < -0.3 is 0 Å². The maximum absolute atomic E-state index is 6.36. The normalized spacial score (nSPS) is 12.4. The standard InChI is InChI=1S/C13H10Cl2Si/c14-11-8-6-10(7-9-11)13(15)16-12-4-2-1-3-5-12/h1-9,13H. The van der Waals surface area contributed by atoms with Crippen LogP contribution < -0.4 is 5.19 Å². The van der Waals surface area contributed by atoms with Crippen LogP contribution in [0.4, 0.5) is 0 Å². The Labute approximate surface area is 108 Å². The fourth-order valence-electron chi connectivity index (χ4n) is 1.40. The van der Waals surface area contributed by atoms with Crippen molar-refractivity contribution in [3.05, 3.63) is 65.2 Å². The van der Waals surface area contributed by atoms with Crippen molar-refractivity contribution in [2.45, 2.75) is 5.00 Å². The van der Waals surface area contributed by atoms with Gasteiger partial charge in [-0.1, -0.05) is 59.3 Å². The minimum absolute atomic E-state index is 0.0275. The van der Waals surface area contributed by atoms with Crippen LogP contribution in [-0.4, -0.2) is 9.52 Å². The molecule has 0 amide bonds. The van der Waals surface area contributed by atoms with E-state index in [1.54, 1.807) is 0 Å². The molecule has 0 saturated heterocycles. The molecule has 0 heterocycles. The van der Waals surface area contributed by atoms with E-state index in [-0.39, 0.29) is 5.00 Å². The molecule has 3 heteroatoms. The van der Waals surface area contributed by atoms with Gasteiger partial charge in [-0.05, 0) is 17.7 Å². The molecule has 2 aromatic rings. The van der Waals surface area contributed by atoms with Crippen molar-refractivity contribution < 1.29 is 0 Å². The van der Waals surface area contributed by atoms with Crippen molar-refractivity contribution in [3.8, 4) is 0 Å². The van der Waals surface area contributed by atoms with Crippen molar-refractivity contribution in [3.63, 3.8) is 0 Å². The van der Waals surface area contributed by atoms with Crippen molar-refractivity contribution in [1.82, 2.24) is 0 Å². The highest BCUT2D eigenvalue weighted by molar-refractivity contribution is 6.64. The molecule has 0 bridgehead atoms. The molecule has 0 spiro atoms. The Kier molecular flexibility index (Phi) is 4.05. The molecule has 2 radical (unpaired) electrons. The first-order valence-corrected chi connectivity index (χ1v) is 6.86. The van der Waals surface area contributed by atoms with Gasteiger partial charge in [-0.25, -0.2) is 0 Å². The van der Waals surface area contributed by atoms with Crippen molar-refractivity contribution in [1.29, 1.82) is 0 Å². The molecule has 0 saturated carbocycles. The van der Waals surface area contributed by atoms with E-state index in [9.17, 15) is 0 Å². The van der Waals surface area contributed by atoms with Gasteiger partial charge in [0.05, 0.1) is 5.00 Å². The van der Waals surface area contributed by atoms with E-state index in [1.807, 2.05) is 42.5 Å². The zero-order valence-electron chi connectivity index (χ0n) is 8.53. The molecule has 0 aliphatic rings. The summed E-state index contributed by atoms with van der Waals surface area (Å²) in [7, 11) is 0.575. The predicted octanol–water partition coefficient (Wildman–Crippen LogP) is 3.61. The second-order valence-corrected chi connectivity index (χ2v) is 6.11. The first-order valence-electron chi connectivity index (χ1n) is 4.97. The molecule has 0 aromatic heterocycles. The Hall–Kier alpha value is -0.763. The molecule has 1 atom stereocenters. The summed E-state index contributed by atoms with van der Waals surface area (Å²) in [6.45, 7) is 0. The fourth-order valence-corrected chi connectivity index (χ4v) is 3.08. The summed E-state index contributed by atoms with van der Waals surface area (Å²) >= 11 is 12.2. The summed E-state index contributed by atoms with van der Waals surface area (Å²) in [5, 5.41) is 2.05. The first kappa shape index (κ1) is 11.7. The minimum Gasteiger partial charge on any atom is -0.122 e. The maximum atomic E-state index is 6.36. The SMILES string of the molecule is Clc1ccc(C(Cl)[Si]c2ccccc2)cc1. The van der Waals surface area contributed by atoms with Crippen LogP contribution in [0.25, 0.3) is 0 Å². The third-order valence-corrected chi connectivity index (χ3v) is 4.31. The van der Waals surface area contributed by atoms with Crippen LogP contribution in [0.5, 0.6) is 0 Å². The topological polar surface area (TPSA) is 0 Å². The van der Waals surface area contributed by atoms with Crippen LogP contribution in [0.3, 0.4) is 0 Å². The van der Waals surface area contributed by atoms with E-state index in [4.69, 9.17) is 23.2 Å². The van der Waals surface area contributed by atoms with Gasteiger partial charge in [0.2, 0.25) is 0 Å². The molecule has 2 aromatic carbocycles. The lowest BCUT2D eigenvalue weighted by molar-refractivity contribution is 1.33. The number of hydrogen-bond acceptors (Lipinski definition) is 0. The predicted molar refractivity (Wildman–Crippen MR) is 71.9 cm³/mol. The summed E-state index contributed by atoms with van der Waals surface area (Å²) in [6, 6.07) is 18.0. The summed E-state index contributed by atoms with van der Waals surface area (Å²) in [4.78, 5) is 0. The van der Waals surface area contributed by atoms with E-state index >= 15 is 0 Å². The molecular weight excluding hydrogens is 255 g/mol.